The Labute approximate surface area is 122 Å². The number of fused-ring (bicyclic) bond motifs is 2. The number of halogens is 1. The molecule has 0 spiro atoms. The molecule has 7 heteroatoms. The van der Waals surface area contributed by atoms with Gasteiger partial charge in [0.15, 0.2) is 0 Å². The fraction of sp³-hybridized carbons (Fsp3) is 1.00. The molecular formula is C12H24ClN3O2S. The SMILES string of the molecule is Cl.O=S(=O)(NCC1CCCNC1)N1CC2CCC1C2. The van der Waals surface area contributed by atoms with Gasteiger partial charge in [-0.05, 0) is 57.0 Å². The van der Waals surface area contributed by atoms with Crippen molar-refractivity contribution in [3.63, 3.8) is 0 Å². The Morgan fingerprint density at radius 1 is 1.26 bits per heavy atom. The second-order valence-corrected chi connectivity index (χ2v) is 7.68. The van der Waals surface area contributed by atoms with Crippen LogP contribution in [0, 0.1) is 11.8 Å². The number of piperidine rings is 2. The average molecular weight is 310 g/mol. The summed E-state index contributed by atoms with van der Waals surface area (Å²) in [5.74, 6) is 1.07. The summed E-state index contributed by atoms with van der Waals surface area (Å²) in [5.41, 5.74) is 0. The normalized spacial score (nSPS) is 35.3. The van der Waals surface area contributed by atoms with Gasteiger partial charge in [-0.25, -0.2) is 4.72 Å². The molecule has 5 nitrogen and oxygen atoms in total. The molecular weight excluding hydrogens is 286 g/mol. The van der Waals surface area contributed by atoms with Gasteiger partial charge in [-0.15, -0.1) is 12.4 Å². The first-order chi connectivity index (χ1) is 8.65. The van der Waals surface area contributed by atoms with Crippen LogP contribution in [0.4, 0.5) is 0 Å². The van der Waals surface area contributed by atoms with Crippen molar-refractivity contribution in [2.75, 3.05) is 26.2 Å². The number of nitrogens with zero attached hydrogens (tertiary/aromatic N) is 1. The first-order valence-electron chi connectivity index (χ1n) is 7.12. The van der Waals surface area contributed by atoms with Crippen molar-refractivity contribution in [3.05, 3.63) is 0 Å². The van der Waals surface area contributed by atoms with Crippen LogP contribution in [0.1, 0.15) is 32.1 Å². The van der Waals surface area contributed by atoms with E-state index in [1.54, 1.807) is 4.31 Å². The molecule has 0 radical (unpaired) electrons. The molecule has 2 bridgehead atoms. The lowest BCUT2D eigenvalue weighted by molar-refractivity contribution is 0.322. The molecule has 112 valence electrons. The largest absolute Gasteiger partial charge is 0.316 e. The molecule has 3 aliphatic rings. The van der Waals surface area contributed by atoms with Crippen LogP contribution in [0.2, 0.25) is 0 Å². The maximum Gasteiger partial charge on any atom is 0.279 e. The van der Waals surface area contributed by atoms with Gasteiger partial charge in [0, 0.05) is 19.1 Å². The highest BCUT2D eigenvalue weighted by Crippen LogP contribution is 2.38. The standard InChI is InChI=1S/C12H23N3O2S.ClH/c16-18(17,14-8-11-2-1-5-13-7-11)15-9-10-3-4-12(15)6-10;/h10-14H,1-9H2;1H. The van der Waals surface area contributed by atoms with Gasteiger partial charge in [0.2, 0.25) is 0 Å². The van der Waals surface area contributed by atoms with E-state index >= 15 is 0 Å². The lowest BCUT2D eigenvalue weighted by Crippen LogP contribution is -2.47. The summed E-state index contributed by atoms with van der Waals surface area (Å²) < 4.78 is 29.0. The van der Waals surface area contributed by atoms with Crippen LogP contribution >= 0.6 is 12.4 Å². The Balaban J connectivity index is 0.00000133. The molecule has 3 rings (SSSR count). The third-order valence-corrected chi connectivity index (χ3v) is 6.22. The summed E-state index contributed by atoms with van der Waals surface area (Å²) in [7, 11) is -3.23. The van der Waals surface area contributed by atoms with Gasteiger partial charge in [-0.1, -0.05) is 0 Å². The highest BCUT2D eigenvalue weighted by atomic mass is 35.5. The summed E-state index contributed by atoms with van der Waals surface area (Å²) in [6, 6.07) is 0.275. The minimum absolute atomic E-state index is 0. The minimum Gasteiger partial charge on any atom is -0.316 e. The Bertz CT molecular complexity index is 398. The molecule has 2 heterocycles. The maximum atomic E-state index is 12.3. The van der Waals surface area contributed by atoms with Gasteiger partial charge in [0.1, 0.15) is 0 Å². The van der Waals surface area contributed by atoms with E-state index in [1.165, 1.54) is 6.42 Å². The number of nitrogens with one attached hydrogen (secondary N) is 2. The van der Waals surface area contributed by atoms with Gasteiger partial charge < -0.3 is 5.32 Å². The fourth-order valence-electron chi connectivity index (χ4n) is 3.58. The second-order valence-electron chi connectivity index (χ2n) is 5.97. The van der Waals surface area contributed by atoms with E-state index in [0.717, 1.165) is 45.3 Å². The highest BCUT2D eigenvalue weighted by Gasteiger charge is 2.43. The molecule has 3 atom stereocenters. The van der Waals surface area contributed by atoms with E-state index in [4.69, 9.17) is 0 Å². The molecule has 2 saturated heterocycles. The van der Waals surface area contributed by atoms with E-state index in [9.17, 15) is 8.42 Å². The molecule has 1 saturated carbocycles. The van der Waals surface area contributed by atoms with Crippen LogP contribution < -0.4 is 10.0 Å². The number of hydrogen-bond donors (Lipinski definition) is 2. The minimum atomic E-state index is -3.23. The first kappa shape index (κ1) is 15.5. The fourth-order valence-corrected chi connectivity index (χ4v) is 5.18. The van der Waals surface area contributed by atoms with Gasteiger partial charge in [0.25, 0.3) is 10.2 Å². The topological polar surface area (TPSA) is 61.4 Å². The summed E-state index contributed by atoms with van der Waals surface area (Å²) in [6.45, 7) is 3.33. The summed E-state index contributed by atoms with van der Waals surface area (Å²) in [5, 5.41) is 3.32. The van der Waals surface area contributed by atoms with Crippen molar-refractivity contribution in [2.45, 2.75) is 38.1 Å². The lowest BCUT2D eigenvalue weighted by atomic mass is 10.0. The van der Waals surface area contributed by atoms with Crippen LogP contribution in [0.15, 0.2) is 0 Å². The van der Waals surface area contributed by atoms with E-state index in [2.05, 4.69) is 10.0 Å². The van der Waals surface area contributed by atoms with E-state index in [-0.39, 0.29) is 18.4 Å². The van der Waals surface area contributed by atoms with Gasteiger partial charge >= 0.3 is 0 Å². The predicted octanol–water partition coefficient (Wildman–Crippen LogP) is 0.726. The van der Waals surface area contributed by atoms with Crippen molar-refractivity contribution in [1.82, 2.24) is 14.3 Å². The van der Waals surface area contributed by atoms with E-state index in [1.807, 2.05) is 0 Å². The molecule has 0 aromatic heterocycles. The monoisotopic (exact) mass is 309 g/mol. The van der Waals surface area contributed by atoms with Crippen molar-refractivity contribution in [3.8, 4) is 0 Å². The summed E-state index contributed by atoms with van der Waals surface area (Å²) in [4.78, 5) is 0. The highest BCUT2D eigenvalue weighted by molar-refractivity contribution is 7.87. The third-order valence-electron chi connectivity index (χ3n) is 4.62. The average Bonchev–Trinajstić information content (AvgIpc) is 3.00. The molecule has 2 N–H and O–H groups in total. The van der Waals surface area contributed by atoms with Crippen LogP contribution in [-0.4, -0.2) is 44.9 Å². The van der Waals surface area contributed by atoms with Crippen LogP contribution in [0.3, 0.4) is 0 Å². The summed E-state index contributed by atoms with van der Waals surface area (Å²) in [6.07, 6.45) is 5.62. The number of hydrogen-bond acceptors (Lipinski definition) is 3. The zero-order valence-electron chi connectivity index (χ0n) is 11.2. The molecule has 2 aliphatic heterocycles. The quantitative estimate of drug-likeness (QED) is 0.805. The number of rotatable bonds is 4. The molecule has 3 unspecified atom stereocenters. The van der Waals surface area contributed by atoms with Gasteiger partial charge in [-0.2, -0.15) is 12.7 Å². The molecule has 0 aromatic rings. The Hall–Kier alpha value is 0.120. The molecule has 19 heavy (non-hydrogen) atoms. The van der Waals surface area contributed by atoms with Crippen molar-refractivity contribution in [2.24, 2.45) is 11.8 Å². The molecule has 3 fully saturated rings. The molecule has 0 amide bonds. The van der Waals surface area contributed by atoms with E-state index < -0.39 is 10.2 Å². The van der Waals surface area contributed by atoms with Gasteiger partial charge in [-0.3, -0.25) is 0 Å². The smallest absolute Gasteiger partial charge is 0.279 e. The Kier molecular flexibility index (Phi) is 5.11. The zero-order valence-corrected chi connectivity index (χ0v) is 12.8. The molecule has 0 aromatic carbocycles. The first-order valence-corrected chi connectivity index (χ1v) is 8.56. The van der Waals surface area contributed by atoms with Crippen molar-refractivity contribution in [1.29, 1.82) is 0 Å². The third kappa shape index (κ3) is 3.42. The van der Waals surface area contributed by atoms with Crippen LogP contribution in [0.25, 0.3) is 0 Å². The van der Waals surface area contributed by atoms with Crippen molar-refractivity contribution >= 4 is 22.6 Å². The lowest BCUT2D eigenvalue weighted by Gasteiger charge is -2.28. The summed E-state index contributed by atoms with van der Waals surface area (Å²) >= 11 is 0. The van der Waals surface area contributed by atoms with E-state index in [0.29, 0.717) is 18.4 Å². The van der Waals surface area contributed by atoms with Gasteiger partial charge in [0.05, 0.1) is 0 Å². The van der Waals surface area contributed by atoms with Crippen LogP contribution in [0.5, 0.6) is 0 Å². The Morgan fingerprint density at radius 3 is 2.68 bits per heavy atom. The Morgan fingerprint density at radius 2 is 2.11 bits per heavy atom. The molecule has 1 aliphatic carbocycles. The zero-order chi connectivity index (χ0) is 12.6. The van der Waals surface area contributed by atoms with Crippen molar-refractivity contribution < 1.29 is 8.42 Å². The van der Waals surface area contributed by atoms with Crippen LogP contribution in [-0.2, 0) is 10.2 Å². The maximum absolute atomic E-state index is 12.3. The predicted molar refractivity (Wildman–Crippen MR) is 77.6 cm³/mol. The second kappa shape index (κ2) is 6.26.